The molecule has 0 aliphatic carbocycles. The van der Waals surface area contributed by atoms with E-state index in [-0.39, 0.29) is 25.2 Å². The smallest absolute Gasteiger partial charge is 0.249 e. The highest BCUT2D eigenvalue weighted by Crippen LogP contribution is 2.35. The van der Waals surface area contributed by atoms with Crippen LogP contribution in [0.5, 0.6) is 11.5 Å². The van der Waals surface area contributed by atoms with E-state index >= 15 is 0 Å². The molecule has 18 heavy (non-hydrogen) atoms. The van der Waals surface area contributed by atoms with E-state index in [4.69, 9.17) is 9.47 Å². The van der Waals surface area contributed by atoms with Crippen LogP contribution in [0.2, 0.25) is 0 Å². The second-order valence-corrected chi connectivity index (χ2v) is 4.25. The molecule has 1 N–H and O–H groups in total. The first-order valence-electron chi connectivity index (χ1n) is 5.65. The maximum atomic E-state index is 12.0. The molecule has 6 nitrogen and oxygen atoms in total. The Labute approximate surface area is 103 Å². The zero-order valence-corrected chi connectivity index (χ0v) is 9.80. The summed E-state index contributed by atoms with van der Waals surface area (Å²) in [5, 5.41) is 2.59. The lowest BCUT2D eigenvalue weighted by atomic mass is 10.1. The van der Waals surface area contributed by atoms with Crippen molar-refractivity contribution in [2.24, 2.45) is 0 Å². The lowest BCUT2D eigenvalue weighted by molar-refractivity contribution is -0.130. The van der Waals surface area contributed by atoms with Crippen molar-refractivity contribution in [2.45, 2.75) is 13.0 Å². The van der Waals surface area contributed by atoms with Crippen LogP contribution >= 0.6 is 0 Å². The van der Waals surface area contributed by atoms with E-state index in [1.165, 1.54) is 4.90 Å². The average molecular weight is 248 g/mol. The summed E-state index contributed by atoms with van der Waals surface area (Å²) >= 11 is 0. The minimum absolute atomic E-state index is 0.0306. The van der Waals surface area contributed by atoms with Gasteiger partial charge in [0.1, 0.15) is 12.6 Å². The van der Waals surface area contributed by atoms with Gasteiger partial charge < -0.3 is 19.7 Å². The van der Waals surface area contributed by atoms with Crippen molar-refractivity contribution in [2.75, 3.05) is 18.2 Å². The number of fused-ring (bicyclic) bond motifs is 1. The van der Waals surface area contributed by atoms with Gasteiger partial charge in [-0.2, -0.15) is 0 Å². The van der Waals surface area contributed by atoms with Crippen LogP contribution in [0.1, 0.15) is 6.92 Å². The number of hydrogen-bond acceptors (Lipinski definition) is 4. The molecule has 1 atom stereocenters. The monoisotopic (exact) mass is 248 g/mol. The third-order valence-corrected chi connectivity index (χ3v) is 2.98. The van der Waals surface area contributed by atoms with Gasteiger partial charge in [-0.3, -0.25) is 9.59 Å². The fourth-order valence-corrected chi connectivity index (χ4v) is 2.08. The van der Waals surface area contributed by atoms with Crippen molar-refractivity contribution in [3.63, 3.8) is 0 Å². The van der Waals surface area contributed by atoms with Gasteiger partial charge in [0, 0.05) is 11.8 Å². The number of anilines is 1. The third kappa shape index (κ3) is 1.66. The predicted molar refractivity (Wildman–Crippen MR) is 62.5 cm³/mol. The fourth-order valence-electron chi connectivity index (χ4n) is 2.08. The Bertz CT molecular complexity index is 529. The summed E-state index contributed by atoms with van der Waals surface area (Å²) in [6, 6.07) is 4.70. The largest absolute Gasteiger partial charge is 0.454 e. The van der Waals surface area contributed by atoms with Crippen LogP contribution < -0.4 is 19.7 Å². The van der Waals surface area contributed by atoms with Crippen molar-refractivity contribution in [3.05, 3.63) is 18.2 Å². The lowest BCUT2D eigenvalue weighted by Crippen LogP contribution is -2.57. The summed E-state index contributed by atoms with van der Waals surface area (Å²) < 4.78 is 10.5. The van der Waals surface area contributed by atoms with Gasteiger partial charge in [0.2, 0.25) is 18.6 Å². The number of nitrogens with one attached hydrogen (secondary N) is 1. The van der Waals surface area contributed by atoms with Crippen molar-refractivity contribution in [1.82, 2.24) is 5.32 Å². The molecule has 0 aromatic heterocycles. The maximum Gasteiger partial charge on any atom is 0.249 e. The molecular formula is C12H12N2O4. The SMILES string of the molecule is CC1NC(=O)CN(c2ccc3c(c2)OCO3)C1=O. The highest BCUT2D eigenvalue weighted by molar-refractivity contribution is 6.06. The predicted octanol–water partition coefficient (Wildman–Crippen LogP) is 0.267. The van der Waals surface area contributed by atoms with Gasteiger partial charge in [-0.15, -0.1) is 0 Å². The summed E-state index contributed by atoms with van der Waals surface area (Å²) in [7, 11) is 0. The Morgan fingerprint density at radius 1 is 1.28 bits per heavy atom. The molecule has 1 fully saturated rings. The molecule has 0 radical (unpaired) electrons. The number of amides is 2. The third-order valence-electron chi connectivity index (χ3n) is 2.98. The van der Waals surface area contributed by atoms with Gasteiger partial charge in [-0.1, -0.05) is 0 Å². The summed E-state index contributed by atoms with van der Waals surface area (Å²) in [6.07, 6.45) is 0. The molecule has 2 heterocycles. The summed E-state index contributed by atoms with van der Waals surface area (Å²) in [5.74, 6) is 0.952. The van der Waals surface area contributed by atoms with Gasteiger partial charge in [-0.05, 0) is 19.1 Å². The average Bonchev–Trinajstić information content (AvgIpc) is 2.80. The van der Waals surface area contributed by atoms with E-state index in [2.05, 4.69) is 5.32 Å². The zero-order chi connectivity index (χ0) is 12.7. The summed E-state index contributed by atoms with van der Waals surface area (Å²) in [4.78, 5) is 24.9. The molecule has 2 amide bonds. The van der Waals surface area contributed by atoms with Crippen LogP contribution in [-0.2, 0) is 9.59 Å². The van der Waals surface area contributed by atoms with Crippen LogP contribution in [0.15, 0.2) is 18.2 Å². The Hall–Kier alpha value is -2.24. The number of hydrogen-bond donors (Lipinski definition) is 1. The Balaban J connectivity index is 1.94. The van der Waals surface area contributed by atoms with Crippen molar-refractivity contribution < 1.29 is 19.1 Å². The highest BCUT2D eigenvalue weighted by Gasteiger charge is 2.31. The van der Waals surface area contributed by atoms with Crippen LogP contribution in [-0.4, -0.2) is 31.2 Å². The molecular weight excluding hydrogens is 236 g/mol. The van der Waals surface area contributed by atoms with E-state index in [1.54, 1.807) is 25.1 Å². The number of ether oxygens (including phenoxy) is 2. The standard InChI is InChI=1S/C12H12N2O4/c1-7-12(16)14(5-11(15)13-7)8-2-3-9-10(4-8)18-6-17-9/h2-4,7H,5-6H2,1H3,(H,13,15). The Kier molecular flexibility index (Phi) is 2.36. The number of rotatable bonds is 1. The van der Waals surface area contributed by atoms with Gasteiger partial charge >= 0.3 is 0 Å². The highest BCUT2D eigenvalue weighted by atomic mass is 16.7. The van der Waals surface area contributed by atoms with E-state index in [9.17, 15) is 9.59 Å². The molecule has 1 aromatic carbocycles. The molecule has 1 aromatic rings. The normalized spacial score (nSPS) is 22.1. The first-order chi connectivity index (χ1) is 8.65. The van der Waals surface area contributed by atoms with Crippen molar-refractivity contribution >= 4 is 17.5 Å². The molecule has 1 saturated heterocycles. The fraction of sp³-hybridized carbons (Fsp3) is 0.333. The second-order valence-electron chi connectivity index (χ2n) is 4.25. The van der Waals surface area contributed by atoms with Crippen LogP contribution in [0, 0.1) is 0 Å². The van der Waals surface area contributed by atoms with E-state index < -0.39 is 6.04 Å². The van der Waals surface area contributed by atoms with Gasteiger partial charge in [0.15, 0.2) is 11.5 Å². The quantitative estimate of drug-likeness (QED) is 0.774. The zero-order valence-electron chi connectivity index (χ0n) is 9.80. The first-order valence-corrected chi connectivity index (χ1v) is 5.65. The maximum absolute atomic E-state index is 12.0. The number of piperazine rings is 1. The number of nitrogens with zero attached hydrogens (tertiary/aromatic N) is 1. The summed E-state index contributed by atoms with van der Waals surface area (Å²) in [6.45, 7) is 1.88. The number of carbonyl (C=O) groups excluding carboxylic acids is 2. The minimum atomic E-state index is -0.503. The lowest BCUT2D eigenvalue weighted by Gasteiger charge is -2.30. The molecule has 0 bridgehead atoms. The van der Waals surface area contributed by atoms with Gasteiger partial charge in [0.25, 0.3) is 0 Å². The van der Waals surface area contributed by atoms with E-state index in [1.807, 2.05) is 0 Å². The number of benzene rings is 1. The van der Waals surface area contributed by atoms with Gasteiger partial charge in [0.05, 0.1) is 0 Å². The number of carbonyl (C=O) groups is 2. The molecule has 2 aliphatic heterocycles. The van der Waals surface area contributed by atoms with Crippen molar-refractivity contribution in [3.8, 4) is 11.5 Å². The Morgan fingerprint density at radius 3 is 2.89 bits per heavy atom. The van der Waals surface area contributed by atoms with Gasteiger partial charge in [-0.25, -0.2) is 0 Å². The Morgan fingerprint density at radius 2 is 2.06 bits per heavy atom. The van der Waals surface area contributed by atoms with E-state index in [0.29, 0.717) is 17.2 Å². The second kappa shape index (κ2) is 3.90. The molecule has 0 spiro atoms. The van der Waals surface area contributed by atoms with Crippen molar-refractivity contribution in [1.29, 1.82) is 0 Å². The molecule has 1 unspecified atom stereocenters. The topological polar surface area (TPSA) is 67.9 Å². The molecule has 6 heteroatoms. The summed E-state index contributed by atoms with van der Waals surface area (Å²) in [5.41, 5.74) is 0.644. The molecule has 0 saturated carbocycles. The van der Waals surface area contributed by atoms with E-state index in [0.717, 1.165) is 0 Å². The molecule has 94 valence electrons. The first kappa shape index (κ1) is 10.9. The van der Waals surface area contributed by atoms with Crippen LogP contribution in [0.4, 0.5) is 5.69 Å². The molecule has 2 aliphatic rings. The van der Waals surface area contributed by atoms with Crippen LogP contribution in [0.25, 0.3) is 0 Å². The molecule has 3 rings (SSSR count). The van der Waals surface area contributed by atoms with Crippen LogP contribution in [0.3, 0.4) is 0 Å². The minimum Gasteiger partial charge on any atom is -0.454 e.